The Balaban J connectivity index is 2.63. The number of carboxylic acids is 1. The Bertz CT molecular complexity index is 735. The molecule has 0 fully saturated rings. The fourth-order valence-electron chi connectivity index (χ4n) is 2.37. The van der Waals surface area contributed by atoms with Gasteiger partial charge in [0.15, 0.2) is 0 Å². The number of hydrogen-bond donors (Lipinski definition) is 1. The van der Waals surface area contributed by atoms with Crippen molar-refractivity contribution >= 4 is 5.97 Å². The van der Waals surface area contributed by atoms with Gasteiger partial charge in [-0.25, -0.2) is 4.39 Å². The Morgan fingerprint density at radius 2 is 1.86 bits per heavy atom. The summed E-state index contributed by atoms with van der Waals surface area (Å²) in [6.07, 6.45) is 0.420. The first kappa shape index (κ1) is 15.9. The van der Waals surface area contributed by atoms with Crippen molar-refractivity contribution in [3.05, 3.63) is 58.1 Å². The maximum atomic E-state index is 13.1. The van der Waals surface area contributed by atoms with Crippen molar-refractivity contribution in [3.63, 3.8) is 0 Å². The molecule has 0 bridgehead atoms. The molecule has 0 amide bonds. The summed E-state index contributed by atoms with van der Waals surface area (Å²) in [5.74, 6) is -1.38. The second-order valence-electron chi connectivity index (χ2n) is 5.25. The van der Waals surface area contributed by atoms with Gasteiger partial charge in [-0.1, -0.05) is 13.0 Å². The molecule has 2 rings (SSSR count). The molecule has 1 N–H and O–H groups in total. The Hall–Kier alpha value is -2.43. The van der Waals surface area contributed by atoms with Crippen LogP contribution in [0, 0.1) is 5.82 Å². The zero-order valence-corrected chi connectivity index (χ0v) is 12.5. The van der Waals surface area contributed by atoms with Crippen molar-refractivity contribution in [2.45, 2.75) is 32.7 Å². The van der Waals surface area contributed by atoms with Gasteiger partial charge >= 0.3 is 5.97 Å². The molecular weight excluding hydrogens is 285 g/mol. The van der Waals surface area contributed by atoms with Crippen molar-refractivity contribution in [1.82, 2.24) is 4.57 Å². The van der Waals surface area contributed by atoms with E-state index in [4.69, 9.17) is 5.11 Å². The number of aromatic nitrogens is 1. The normalized spacial score (nSPS) is 12.1. The highest BCUT2D eigenvalue weighted by atomic mass is 19.1. The van der Waals surface area contributed by atoms with Gasteiger partial charge in [0, 0.05) is 11.6 Å². The van der Waals surface area contributed by atoms with Crippen molar-refractivity contribution in [2.75, 3.05) is 0 Å². The number of aliphatic carboxylic acids is 1. The molecule has 0 radical (unpaired) electrons. The fourth-order valence-corrected chi connectivity index (χ4v) is 2.37. The number of benzene rings is 1. The van der Waals surface area contributed by atoms with Gasteiger partial charge in [-0.05, 0) is 49.2 Å². The van der Waals surface area contributed by atoms with E-state index < -0.39 is 5.97 Å². The minimum atomic E-state index is -1.04. The number of halogens is 1. The second-order valence-corrected chi connectivity index (χ2v) is 5.25. The first-order valence-corrected chi connectivity index (χ1v) is 7.16. The second kappa shape index (κ2) is 6.56. The van der Waals surface area contributed by atoms with Gasteiger partial charge < -0.3 is 9.67 Å². The van der Waals surface area contributed by atoms with Gasteiger partial charge in [0.2, 0.25) is 0 Å². The van der Waals surface area contributed by atoms with E-state index in [0.717, 1.165) is 12.0 Å². The minimum absolute atomic E-state index is 0.0821. The largest absolute Gasteiger partial charge is 0.481 e. The van der Waals surface area contributed by atoms with E-state index in [1.165, 1.54) is 18.2 Å². The van der Waals surface area contributed by atoms with Crippen LogP contribution >= 0.6 is 0 Å². The third-order valence-electron chi connectivity index (χ3n) is 3.71. The fraction of sp³-hybridized carbons (Fsp3) is 0.294. The zero-order chi connectivity index (χ0) is 16.3. The molecule has 1 aromatic heterocycles. The van der Waals surface area contributed by atoms with Crippen LogP contribution in [0.25, 0.3) is 11.3 Å². The molecule has 0 aliphatic rings. The highest BCUT2D eigenvalue weighted by Gasteiger charge is 2.16. The molecule has 0 spiro atoms. The lowest BCUT2D eigenvalue weighted by molar-refractivity contribution is -0.136. The lowest BCUT2D eigenvalue weighted by Crippen LogP contribution is -2.28. The van der Waals surface area contributed by atoms with Crippen LogP contribution in [0.5, 0.6) is 0 Å². The van der Waals surface area contributed by atoms with E-state index in [2.05, 4.69) is 0 Å². The summed E-state index contributed by atoms with van der Waals surface area (Å²) in [4.78, 5) is 23.5. The molecule has 1 atom stereocenters. The van der Waals surface area contributed by atoms with Crippen LogP contribution < -0.4 is 5.56 Å². The van der Waals surface area contributed by atoms with Crippen molar-refractivity contribution in [2.24, 2.45) is 0 Å². The average Bonchev–Trinajstić information content (AvgIpc) is 2.49. The van der Waals surface area contributed by atoms with Crippen LogP contribution in [0.1, 0.15) is 31.9 Å². The molecule has 0 aliphatic heterocycles. The van der Waals surface area contributed by atoms with E-state index in [0.29, 0.717) is 5.69 Å². The molecule has 5 heteroatoms. The molecule has 0 saturated heterocycles. The number of carbonyl (C=O) groups is 1. The summed E-state index contributed by atoms with van der Waals surface area (Å²) in [5, 5.41) is 8.91. The van der Waals surface area contributed by atoms with Gasteiger partial charge in [-0.2, -0.15) is 0 Å². The van der Waals surface area contributed by atoms with Crippen molar-refractivity contribution in [3.8, 4) is 11.3 Å². The number of hydrogen-bond acceptors (Lipinski definition) is 2. The number of rotatable bonds is 5. The first-order chi connectivity index (χ1) is 10.4. The quantitative estimate of drug-likeness (QED) is 0.922. The van der Waals surface area contributed by atoms with Crippen LogP contribution in [0.15, 0.2) is 41.2 Å². The summed E-state index contributed by atoms with van der Waals surface area (Å²) >= 11 is 0. The van der Waals surface area contributed by atoms with Crippen molar-refractivity contribution in [1.29, 1.82) is 0 Å². The van der Waals surface area contributed by atoms with E-state index >= 15 is 0 Å². The Labute approximate surface area is 127 Å². The van der Waals surface area contributed by atoms with Crippen molar-refractivity contribution < 1.29 is 14.3 Å². The zero-order valence-electron chi connectivity index (χ0n) is 12.5. The van der Waals surface area contributed by atoms with E-state index in [-0.39, 0.29) is 29.4 Å². The standard InChI is InChI=1S/C17H18FNO3/c1-3-11(2)19-15(12-4-7-14(18)8-5-12)9-6-13(17(19)22)10-16(20)21/h4-9,11H,3,10H2,1-2H3,(H,20,21). The summed E-state index contributed by atoms with van der Waals surface area (Å²) in [5.41, 5.74) is 1.33. The number of pyridine rings is 1. The monoisotopic (exact) mass is 303 g/mol. The van der Waals surface area contributed by atoms with Crippen LogP contribution in [-0.4, -0.2) is 15.6 Å². The summed E-state index contributed by atoms with van der Waals surface area (Å²) in [6, 6.07) is 9.08. The molecule has 1 aromatic carbocycles. The molecule has 0 saturated carbocycles. The summed E-state index contributed by atoms with van der Waals surface area (Å²) in [7, 11) is 0. The highest BCUT2D eigenvalue weighted by Crippen LogP contribution is 2.23. The highest BCUT2D eigenvalue weighted by molar-refractivity contribution is 5.70. The first-order valence-electron chi connectivity index (χ1n) is 7.16. The summed E-state index contributed by atoms with van der Waals surface area (Å²) in [6.45, 7) is 3.86. The van der Waals surface area contributed by atoms with Gasteiger partial charge in [-0.15, -0.1) is 0 Å². The topological polar surface area (TPSA) is 59.3 Å². The molecule has 116 valence electrons. The molecule has 1 heterocycles. The lowest BCUT2D eigenvalue weighted by Gasteiger charge is -2.20. The Morgan fingerprint density at radius 1 is 1.23 bits per heavy atom. The SMILES string of the molecule is CCC(C)n1c(-c2ccc(F)cc2)ccc(CC(=O)O)c1=O. The van der Waals surface area contributed by atoms with Gasteiger partial charge in [0.25, 0.3) is 5.56 Å². The molecule has 2 aromatic rings. The lowest BCUT2D eigenvalue weighted by atomic mass is 10.1. The number of nitrogens with zero attached hydrogens (tertiary/aromatic N) is 1. The predicted octanol–water partition coefficient (Wildman–Crippen LogP) is 3.25. The third kappa shape index (κ3) is 3.24. The average molecular weight is 303 g/mol. The Morgan fingerprint density at radius 3 is 2.41 bits per heavy atom. The maximum absolute atomic E-state index is 13.1. The third-order valence-corrected chi connectivity index (χ3v) is 3.71. The molecule has 0 aliphatic carbocycles. The molecular formula is C17H18FNO3. The van der Waals surface area contributed by atoms with Crippen LogP contribution in [0.4, 0.5) is 4.39 Å². The van der Waals surface area contributed by atoms with Gasteiger partial charge in [0.05, 0.1) is 12.1 Å². The Kier molecular flexibility index (Phi) is 4.75. The molecule has 1 unspecified atom stereocenters. The smallest absolute Gasteiger partial charge is 0.308 e. The maximum Gasteiger partial charge on any atom is 0.308 e. The van der Waals surface area contributed by atoms with Gasteiger partial charge in [0.1, 0.15) is 5.82 Å². The predicted molar refractivity (Wildman–Crippen MR) is 82.4 cm³/mol. The molecule has 4 nitrogen and oxygen atoms in total. The van der Waals surface area contributed by atoms with E-state index in [1.807, 2.05) is 13.8 Å². The van der Waals surface area contributed by atoms with Crippen LogP contribution in [0.3, 0.4) is 0 Å². The summed E-state index contributed by atoms with van der Waals surface area (Å²) < 4.78 is 14.7. The van der Waals surface area contributed by atoms with E-state index in [1.54, 1.807) is 22.8 Å². The van der Waals surface area contributed by atoms with Crippen LogP contribution in [0.2, 0.25) is 0 Å². The minimum Gasteiger partial charge on any atom is -0.481 e. The van der Waals surface area contributed by atoms with Gasteiger partial charge in [-0.3, -0.25) is 9.59 Å². The van der Waals surface area contributed by atoms with E-state index in [9.17, 15) is 14.0 Å². The molecule has 22 heavy (non-hydrogen) atoms. The number of carboxylic acid groups (broad SMARTS) is 1. The van der Waals surface area contributed by atoms with Crippen LogP contribution in [-0.2, 0) is 11.2 Å².